The number of ether oxygens (including phenoxy) is 2. The highest BCUT2D eigenvalue weighted by Crippen LogP contribution is 2.38. The fourth-order valence-electron chi connectivity index (χ4n) is 3.24. The predicted octanol–water partition coefficient (Wildman–Crippen LogP) is 3.44. The van der Waals surface area contributed by atoms with Gasteiger partial charge in [0.25, 0.3) is 0 Å². The number of hydrogen-bond donors (Lipinski definition) is 0. The first-order valence-corrected chi connectivity index (χ1v) is 8.13. The molecule has 0 atom stereocenters. The molecular formula is C16H19BrN2O2. The van der Waals surface area contributed by atoms with Crippen LogP contribution in [0.2, 0.25) is 0 Å². The Labute approximate surface area is 133 Å². The molecule has 0 amide bonds. The van der Waals surface area contributed by atoms with Gasteiger partial charge >= 0.3 is 0 Å². The second kappa shape index (κ2) is 5.96. The normalized spacial score (nSPS) is 21.4. The Hall–Kier alpha value is -1.09. The number of halogens is 1. The van der Waals surface area contributed by atoms with Crippen molar-refractivity contribution in [3.8, 4) is 6.07 Å². The van der Waals surface area contributed by atoms with Crippen LogP contribution in [0.4, 0.5) is 5.69 Å². The molecule has 0 unspecified atom stereocenters. The number of hydrogen-bond acceptors (Lipinski definition) is 4. The second-order valence-corrected chi connectivity index (χ2v) is 6.58. The van der Waals surface area contributed by atoms with E-state index in [4.69, 9.17) is 14.7 Å². The maximum atomic E-state index is 8.99. The topological polar surface area (TPSA) is 45.5 Å². The summed E-state index contributed by atoms with van der Waals surface area (Å²) in [4.78, 5) is 2.30. The molecule has 1 aliphatic carbocycles. The Bertz CT molecular complexity index is 554. The molecule has 0 bridgehead atoms. The lowest BCUT2D eigenvalue weighted by molar-refractivity contribution is -0.178. The summed E-state index contributed by atoms with van der Waals surface area (Å²) in [5.41, 5.74) is 1.80. The zero-order chi connectivity index (χ0) is 14.9. The standard InChI is InChI=1S/C16H19BrN2O2/c1-19(14-3-2-12(11-18)15(17)10-14)13-4-6-16(7-5-13)20-8-9-21-16/h2-3,10,13H,4-9H2,1H3. The Balaban J connectivity index is 1.67. The van der Waals surface area contributed by atoms with Gasteiger partial charge in [-0.05, 0) is 47.0 Å². The summed E-state index contributed by atoms with van der Waals surface area (Å²) < 4.78 is 12.4. The number of rotatable bonds is 2. The second-order valence-electron chi connectivity index (χ2n) is 5.73. The van der Waals surface area contributed by atoms with Crippen LogP contribution in [-0.4, -0.2) is 32.1 Å². The van der Waals surface area contributed by atoms with Crippen LogP contribution < -0.4 is 4.90 Å². The molecule has 1 aromatic rings. The molecule has 112 valence electrons. The van der Waals surface area contributed by atoms with Crippen molar-refractivity contribution in [3.05, 3.63) is 28.2 Å². The molecule has 4 nitrogen and oxygen atoms in total. The number of anilines is 1. The summed E-state index contributed by atoms with van der Waals surface area (Å²) in [6, 6.07) is 8.56. The lowest BCUT2D eigenvalue weighted by Crippen LogP contribution is -2.42. The van der Waals surface area contributed by atoms with E-state index in [2.05, 4.69) is 33.9 Å². The van der Waals surface area contributed by atoms with Gasteiger partial charge in [0.1, 0.15) is 6.07 Å². The lowest BCUT2D eigenvalue weighted by atomic mass is 9.89. The molecule has 2 aliphatic rings. The summed E-state index contributed by atoms with van der Waals surface area (Å²) in [5.74, 6) is -0.303. The van der Waals surface area contributed by atoms with Gasteiger partial charge in [-0.15, -0.1) is 0 Å². The highest BCUT2D eigenvalue weighted by molar-refractivity contribution is 9.10. The molecule has 5 heteroatoms. The van der Waals surface area contributed by atoms with E-state index < -0.39 is 0 Å². The summed E-state index contributed by atoms with van der Waals surface area (Å²) in [5, 5.41) is 8.99. The van der Waals surface area contributed by atoms with Crippen molar-refractivity contribution >= 4 is 21.6 Å². The van der Waals surface area contributed by atoms with Crippen molar-refractivity contribution in [1.29, 1.82) is 5.26 Å². The molecule has 21 heavy (non-hydrogen) atoms. The van der Waals surface area contributed by atoms with Crippen LogP contribution >= 0.6 is 15.9 Å². The van der Waals surface area contributed by atoms with Crippen molar-refractivity contribution in [3.63, 3.8) is 0 Å². The number of nitriles is 1. The van der Waals surface area contributed by atoms with Crippen molar-refractivity contribution in [2.24, 2.45) is 0 Å². The Morgan fingerprint density at radius 1 is 1.29 bits per heavy atom. The van der Waals surface area contributed by atoms with Gasteiger partial charge in [-0.1, -0.05) is 0 Å². The molecule has 0 aromatic heterocycles. The van der Waals surface area contributed by atoms with Gasteiger partial charge in [-0.25, -0.2) is 0 Å². The van der Waals surface area contributed by atoms with E-state index >= 15 is 0 Å². The van der Waals surface area contributed by atoms with Gasteiger partial charge in [0.15, 0.2) is 5.79 Å². The first-order valence-electron chi connectivity index (χ1n) is 7.34. The van der Waals surface area contributed by atoms with E-state index in [1.165, 1.54) is 0 Å². The van der Waals surface area contributed by atoms with Crippen LogP contribution in [0, 0.1) is 11.3 Å². The highest BCUT2D eigenvalue weighted by atomic mass is 79.9. The molecule has 0 radical (unpaired) electrons. The average molecular weight is 351 g/mol. The summed E-state index contributed by atoms with van der Waals surface area (Å²) in [6.07, 6.45) is 4.04. The van der Waals surface area contributed by atoms with Gasteiger partial charge in [-0.3, -0.25) is 0 Å². The zero-order valence-electron chi connectivity index (χ0n) is 12.1. The van der Waals surface area contributed by atoms with E-state index in [0.717, 1.165) is 49.1 Å². The molecule has 1 saturated carbocycles. The fraction of sp³-hybridized carbons (Fsp3) is 0.562. The number of benzene rings is 1. The molecule has 1 saturated heterocycles. The predicted molar refractivity (Wildman–Crippen MR) is 84.2 cm³/mol. The smallest absolute Gasteiger partial charge is 0.168 e. The zero-order valence-corrected chi connectivity index (χ0v) is 13.7. The molecular weight excluding hydrogens is 332 g/mol. The summed E-state index contributed by atoms with van der Waals surface area (Å²) >= 11 is 3.46. The third-order valence-electron chi connectivity index (χ3n) is 4.56. The van der Waals surface area contributed by atoms with Crippen LogP contribution in [0.15, 0.2) is 22.7 Å². The maximum Gasteiger partial charge on any atom is 0.168 e. The molecule has 1 heterocycles. The summed E-state index contributed by atoms with van der Waals surface area (Å²) in [7, 11) is 2.12. The van der Waals surface area contributed by atoms with E-state index in [1.54, 1.807) is 0 Å². The minimum atomic E-state index is -0.303. The van der Waals surface area contributed by atoms with E-state index in [0.29, 0.717) is 11.6 Å². The highest BCUT2D eigenvalue weighted by Gasteiger charge is 2.41. The SMILES string of the molecule is CN(c1ccc(C#N)c(Br)c1)C1CCC2(CC1)OCCO2. The van der Waals surface area contributed by atoms with Crippen molar-refractivity contribution in [2.75, 3.05) is 25.2 Å². The molecule has 1 aliphatic heterocycles. The van der Waals surface area contributed by atoms with Crippen LogP contribution in [-0.2, 0) is 9.47 Å². The van der Waals surface area contributed by atoms with Crippen LogP contribution in [0.3, 0.4) is 0 Å². The molecule has 1 spiro atoms. The largest absolute Gasteiger partial charge is 0.372 e. The first kappa shape index (κ1) is 14.8. The minimum Gasteiger partial charge on any atom is -0.372 e. The van der Waals surface area contributed by atoms with Gasteiger partial charge in [0.2, 0.25) is 0 Å². The molecule has 1 aromatic carbocycles. The third-order valence-corrected chi connectivity index (χ3v) is 5.21. The Morgan fingerprint density at radius 3 is 2.52 bits per heavy atom. The Morgan fingerprint density at radius 2 is 1.95 bits per heavy atom. The fourth-order valence-corrected chi connectivity index (χ4v) is 3.70. The molecule has 0 N–H and O–H groups in total. The average Bonchev–Trinajstić information content (AvgIpc) is 2.95. The van der Waals surface area contributed by atoms with Gasteiger partial charge in [0.05, 0.1) is 18.8 Å². The Kier molecular flexibility index (Phi) is 4.21. The van der Waals surface area contributed by atoms with Crippen molar-refractivity contribution < 1.29 is 9.47 Å². The summed E-state index contributed by atoms with van der Waals surface area (Å²) in [6.45, 7) is 1.45. The third kappa shape index (κ3) is 2.94. The minimum absolute atomic E-state index is 0.303. The van der Waals surface area contributed by atoms with Crippen molar-refractivity contribution in [1.82, 2.24) is 0 Å². The van der Waals surface area contributed by atoms with Crippen LogP contribution in [0.25, 0.3) is 0 Å². The van der Waals surface area contributed by atoms with Crippen LogP contribution in [0.5, 0.6) is 0 Å². The van der Waals surface area contributed by atoms with Crippen molar-refractivity contribution in [2.45, 2.75) is 37.5 Å². The number of nitrogens with zero attached hydrogens (tertiary/aromatic N) is 2. The maximum absolute atomic E-state index is 8.99. The van der Waals surface area contributed by atoms with E-state index in [9.17, 15) is 0 Å². The molecule has 3 rings (SSSR count). The van der Waals surface area contributed by atoms with Gasteiger partial charge < -0.3 is 14.4 Å². The van der Waals surface area contributed by atoms with Gasteiger partial charge in [-0.2, -0.15) is 5.26 Å². The first-order chi connectivity index (χ1) is 10.1. The van der Waals surface area contributed by atoms with Crippen LogP contribution in [0.1, 0.15) is 31.2 Å². The van der Waals surface area contributed by atoms with Gasteiger partial charge in [0, 0.05) is 36.1 Å². The van der Waals surface area contributed by atoms with E-state index in [-0.39, 0.29) is 5.79 Å². The monoisotopic (exact) mass is 350 g/mol. The lowest BCUT2D eigenvalue weighted by Gasteiger charge is -2.40. The molecule has 2 fully saturated rings. The van der Waals surface area contributed by atoms with E-state index in [1.807, 2.05) is 18.2 Å². The quantitative estimate of drug-likeness (QED) is 0.819.